The van der Waals surface area contributed by atoms with Crippen LogP contribution in [0.3, 0.4) is 0 Å². The van der Waals surface area contributed by atoms with E-state index in [9.17, 15) is 4.79 Å². The van der Waals surface area contributed by atoms with E-state index in [0.29, 0.717) is 18.0 Å². The largest absolute Gasteiger partial charge is 0.497 e. The Kier molecular flexibility index (Phi) is 5.45. The van der Waals surface area contributed by atoms with Gasteiger partial charge >= 0.3 is 0 Å². The lowest BCUT2D eigenvalue weighted by Crippen LogP contribution is -2.24. The molecule has 0 saturated carbocycles. The first-order valence-corrected chi connectivity index (χ1v) is 9.19. The molecule has 1 aliphatic heterocycles. The normalized spacial score (nSPS) is 15.6. The van der Waals surface area contributed by atoms with Gasteiger partial charge in [0.05, 0.1) is 7.11 Å². The summed E-state index contributed by atoms with van der Waals surface area (Å²) in [5, 5.41) is 2.87. The van der Waals surface area contributed by atoms with Crippen LogP contribution in [-0.2, 0) is 16.6 Å². The third kappa shape index (κ3) is 4.85. The Morgan fingerprint density at radius 2 is 1.81 bits per heavy atom. The van der Waals surface area contributed by atoms with Crippen LogP contribution in [0.25, 0.3) is 6.08 Å². The molecular weight excluding hydrogens is 336 g/mol. The van der Waals surface area contributed by atoms with Gasteiger partial charge in [0.2, 0.25) is 0 Å². The molecule has 0 fully saturated rings. The molecule has 1 N–H and O–H groups in total. The first-order chi connectivity index (χ1) is 12.8. The summed E-state index contributed by atoms with van der Waals surface area (Å²) in [6.45, 7) is 6.55. The lowest BCUT2D eigenvalue weighted by atomic mass is 9.87. The van der Waals surface area contributed by atoms with Crippen molar-refractivity contribution >= 4 is 17.8 Å². The summed E-state index contributed by atoms with van der Waals surface area (Å²) >= 11 is 0. The Hall–Kier alpha value is -2.88. The van der Waals surface area contributed by atoms with Gasteiger partial charge in [0.15, 0.2) is 0 Å². The van der Waals surface area contributed by atoms with Gasteiger partial charge in [-0.3, -0.25) is 4.79 Å². The van der Waals surface area contributed by atoms with Crippen molar-refractivity contribution in [1.29, 1.82) is 0 Å². The minimum Gasteiger partial charge on any atom is -0.497 e. The monoisotopic (exact) mass is 362 g/mol. The fourth-order valence-electron chi connectivity index (χ4n) is 2.96. The molecule has 2 aromatic rings. The number of rotatable bonds is 5. The van der Waals surface area contributed by atoms with E-state index in [0.717, 1.165) is 23.3 Å². The maximum atomic E-state index is 12.2. The lowest BCUT2D eigenvalue weighted by Gasteiger charge is -2.18. The number of amidine groups is 1. The van der Waals surface area contributed by atoms with E-state index in [2.05, 4.69) is 43.2 Å². The van der Waals surface area contributed by atoms with Crippen LogP contribution in [0.5, 0.6) is 5.75 Å². The predicted octanol–water partition coefficient (Wildman–Crippen LogP) is 4.49. The van der Waals surface area contributed by atoms with E-state index in [1.165, 1.54) is 5.56 Å². The summed E-state index contributed by atoms with van der Waals surface area (Å²) in [5.74, 6) is 1.40. The van der Waals surface area contributed by atoms with Gasteiger partial charge in [0.25, 0.3) is 5.91 Å². The zero-order chi connectivity index (χ0) is 19.4. The average molecular weight is 362 g/mol. The highest BCUT2D eigenvalue weighted by Gasteiger charge is 2.20. The molecular formula is C23H26N2O2. The maximum Gasteiger partial charge on any atom is 0.275 e. The SMILES string of the molecule is COc1cccc(CCC2=N/C(=C/c3ccc(C(C)(C)C)cc3)C(=O)N2)c1. The van der Waals surface area contributed by atoms with E-state index in [1.807, 2.05) is 42.5 Å². The Bertz CT molecular complexity index is 887. The molecule has 0 aromatic heterocycles. The van der Waals surface area contributed by atoms with E-state index >= 15 is 0 Å². The van der Waals surface area contributed by atoms with Crippen LogP contribution in [0.2, 0.25) is 0 Å². The molecule has 0 spiro atoms. The number of aliphatic imine (C=N–C) groups is 1. The maximum absolute atomic E-state index is 12.2. The van der Waals surface area contributed by atoms with Crippen molar-refractivity contribution < 1.29 is 9.53 Å². The first kappa shape index (κ1) is 18.9. The van der Waals surface area contributed by atoms with E-state index in [1.54, 1.807) is 7.11 Å². The molecule has 1 aliphatic rings. The molecule has 140 valence electrons. The third-order valence-corrected chi connectivity index (χ3v) is 4.61. The molecule has 0 aliphatic carbocycles. The topological polar surface area (TPSA) is 50.7 Å². The number of carbonyl (C=O) groups is 1. The van der Waals surface area contributed by atoms with E-state index in [-0.39, 0.29) is 11.3 Å². The van der Waals surface area contributed by atoms with E-state index < -0.39 is 0 Å². The van der Waals surface area contributed by atoms with Crippen LogP contribution in [-0.4, -0.2) is 18.9 Å². The standard InChI is InChI=1S/C23H26N2O2/c1-23(2,3)18-11-8-17(9-12-18)15-20-22(26)25-21(24-20)13-10-16-6-5-7-19(14-16)27-4/h5-9,11-12,14-15H,10,13H2,1-4H3,(H,24,25,26)/b20-15+. The molecule has 1 amide bonds. The average Bonchev–Trinajstić information content (AvgIpc) is 2.99. The number of hydrogen-bond acceptors (Lipinski definition) is 3. The molecule has 2 aromatic carbocycles. The molecule has 3 rings (SSSR count). The van der Waals surface area contributed by atoms with Crippen molar-refractivity contribution in [2.75, 3.05) is 7.11 Å². The van der Waals surface area contributed by atoms with Crippen molar-refractivity contribution in [1.82, 2.24) is 5.32 Å². The lowest BCUT2D eigenvalue weighted by molar-refractivity contribution is -0.115. The molecule has 27 heavy (non-hydrogen) atoms. The number of amides is 1. The van der Waals surface area contributed by atoms with Crippen LogP contribution in [0.15, 0.2) is 59.2 Å². The zero-order valence-electron chi connectivity index (χ0n) is 16.4. The second-order valence-corrected chi connectivity index (χ2v) is 7.77. The molecule has 0 atom stereocenters. The smallest absolute Gasteiger partial charge is 0.275 e. The highest BCUT2D eigenvalue weighted by atomic mass is 16.5. The summed E-state index contributed by atoms with van der Waals surface area (Å²) in [4.78, 5) is 16.7. The van der Waals surface area contributed by atoms with Gasteiger partial charge < -0.3 is 10.1 Å². The second kappa shape index (κ2) is 7.78. The summed E-state index contributed by atoms with van der Waals surface area (Å²) in [7, 11) is 1.66. The number of aryl methyl sites for hydroxylation is 1. The van der Waals surface area contributed by atoms with Gasteiger partial charge in [0, 0.05) is 6.42 Å². The fraction of sp³-hybridized carbons (Fsp3) is 0.304. The first-order valence-electron chi connectivity index (χ1n) is 9.19. The molecule has 4 nitrogen and oxygen atoms in total. The highest BCUT2D eigenvalue weighted by molar-refractivity contribution is 6.14. The minimum absolute atomic E-state index is 0.113. The molecule has 0 saturated heterocycles. The number of nitrogens with zero attached hydrogens (tertiary/aromatic N) is 1. The van der Waals surface area contributed by atoms with Crippen LogP contribution >= 0.6 is 0 Å². The van der Waals surface area contributed by atoms with Gasteiger partial charge in [-0.2, -0.15) is 0 Å². The van der Waals surface area contributed by atoms with Gasteiger partial charge in [-0.25, -0.2) is 4.99 Å². The minimum atomic E-state index is -0.143. The zero-order valence-corrected chi connectivity index (χ0v) is 16.4. The van der Waals surface area contributed by atoms with Crippen molar-refractivity contribution in [3.05, 3.63) is 70.9 Å². The fourth-order valence-corrected chi connectivity index (χ4v) is 2.96. The molecule has 0 radical (unpaired) electrons. The van der Waals surface area contributed by atoms with Crippen LogP contribution in [0, 0.1) is 0 Å². The second-order valence-electron chi connectivity index (χ2n) is 7.77. The number of benzene rings is 2. The summed E-state index contributed by atoms with van der Waals surface area (Å²) in [6.07, 6.45) is 3.31. The Morgan fingerprint density at radius 3 is 2.48 bits per heavy atom. The molecule has 0 unspecified atom stereocenters. The number of ether oxygens (including phenoxy) is 1. The third-order valence-electron chi connectivity index (χ3n) is 4.61. The molecule has 0 bridgehead atoms. The van der Waals surface area contributed by atoms with E-state index in [4.69, 9.17) is 4.74 Å². The Labute approximate surface area is 161 Å². The van der Waals surface area contributed by atoms with Crippen molar-refractivity contribution in [2.45, 2.75) is 39.0 Å². The van der Waals surface area contributed by atoms with Crippen LogP contribution < -0.4 is 10.1 Å². The summed E-state index contributed by atoms with van der Waals surface area (Å²) in [6, 6.07) is 16.2. The summed E-state index contributed by atoms with van der Waals surface area (Å²) in [5.41, 5.74) is 3.97. The van der Waals surface area contributed by atoms with Crippen molar-refractivity contribution in [2.24, 2.45) is 4.99 Å². The Balaban J connectivity index is 1.69. The molecule has 1 heterocycles. The molecule has 4 heteroatoms. The number of carbonyl (C=O) groups excluding carboxylic acids is 1. The van der Waals surface area contributed by atoms with Gasteiger partial charge in [0.1, 0.15) is 17.3 Å². The highest BCUT2D eigenvalue weighted by Crippen LogP contribution is 2.23. The number of methoxy groups -OCH3 is 1. The van der Waals surface area contributed by atoms with Gasteiger partial charge in [-0.1, -0.05) is 57.2 Å². The van der Waals surface area contributed by atoms with Crippen molar-refractivity contribution in [3.8, 4) is 5.75 Å². The number of hydrogen-bond donors (Lipinski definition) is 1. The Morgan fingerprint density at radius 1 is 1.07 bits per heavy atom. The quantitative estimate of drug-likeness (QED) is 0.797. The summed E-state index contributed by atoms with van der Waals surface area (Å²) < 4.78 is 5.25. The van der Waals surface area contributed by atoms with Gasteiger partial charge in [-0.05, 0) is 46.7 Å². The number of nitrogens with one attached hydrogen (secondary N) is 1. The van der Waals surface area contributed by atoms with Gasteiger partial charge in [-0.15, -0.1) is 0 Å². The van der Waals surface area contributed by atoms with Crippen molar-refractivity contribution in [3.63, 3.8) is 0 Å². The van der Waals surface area contributed by atoms with Crippen LogP contribution in [0.4, 0.5) is 0 Å². The predicted molar refractivity (Wildman–Crippen MR) is 110 cm³/mol. The van der Waals surface area contributed by atoms with Crippen LogP contribution in [0.1, 0.15) is 43.9 Å².